The fourth-order valence-electron chi connectivity index (χ4n) is 3.76. The summed E-state index contributed by atoms with van der Waals surface area (Å²) in [5.41, 5.74) is 5.26. The highest BCUT2D eigenvalue weighted by molar-refractivity contribution is 7.45. The lowest BCUT2D eigenvalue weighted by Gasteiger charge is -2.23. The molecule has 13 nitrogen and oxygen atoms in total. The molecule has 15 heteroatoms. The van der Waals surface area contributed by atoms with E-state index in [1.54, 1.807) is 9.47 Å². The molecule has 0 bridgehead atoms. The minimum atomic E-state index is -4.64. The Hall–Kier alpha value is -2.90. The number of phosphoric acid groups is 1. The zero-order valence-corrected chi connectivity index (χ0v) is 19.3. The van der Waals surface area contributed by atoms with E-state index in [0.717, 1.165) is 18.9 Å². The molecular weight excluding hydrogens is 476 g/mol. The lowest BCUT2D eigenvalue weighted by Crippen LogP contribution is -2.36. The molecule has 2 aliphatic rings. The number of carboxylic acids is 1. The molecule has 1 saturated heterocycles. The van der Waals surface area contributed by atoms with Crippen molar-refractivity contribution in [2.75, 3.05) is 31.6 Å². The summed E-state index contributed by atoms with van der Waals surface area (Å²) in [5.74, 6) is -1.96. The number of hydrogen-bond donors (Lipinski definition) is 5. The SMILES string of the molecule is CO/N=C1/CN(c2nc3c(cc2F)c(=O)c(C(=O)O)cn3C2CC2)CC1(C)CN.O=P(O)(O)O. The topological polar surface area (TPSA) is 201 Å². The average Bonchev–Trinajstić information content (AvgIpc) is 3.51. The first-order valence-electron chi connectivity index (χ1n) is 10.1. The van der Waals surface area contributed by atoms with Crippen LogP contribution in [0.5, 0.6) is 0 Å². The number of nitrogens with zero attached hydrogens (tertiary/aromatic N) is 4. The summed E-state index contributed by atoms with van der Waals surface area (Å²) < 4.78 is 25.6. The predicted molar refractivity (Wildman–Crippen MR) is 119 cm³/mol. The molecule has 2 aromatic rings. The molecule has 1 atom stereocenters. The molecular formula is C19H25FN5O8P. The smallest absolute Gasteiger partial charge is 0.466 e. The van der Waals surface area contributed by atoms with Gasteiger partial charge in [-0.05, 0) is 18.9 Å². The minimum Gasteiger partial charge on any atom is -0.477 e. The summed E-state index contributed by atoms with van der Waals surface area (Å²) in [6, 6.07) is 1.14. The number of carbonyl (C=O) groups is 1. The van der Waals surface area contributed by atoms with Gasteiger partial charge in [-0.2, -0.15) is 0 Å². The molecule has 1 saturated carbocycles. The lowest BCUT2D eigenvalue weighted by molar-refractivity contribution is 0.0694. The Kier molecular flexibility index (Phi) is 7.10. The number of carboxylic acid groups (broad SMARTS) is 1. The van der Waals surface area contributed by atoms with Gasteiger partial charge in [-0.1, -0.05) is 12.1 Å². The van der Waals surface area contributed by atoms with E-state index in [4.69, 9.17) is 29.8 Å². The first kappa shape index (κ1) is 25.7. The Morgan fingerprint density at radius 1 is 1.41 bits per heavy atom. The van der Waals surface area contributed by atoms with E-state index in [-0.39, 0.29) is 35.0 Å². The summed E-state index contributed by atoms with van der Waals surface area (Å²) in [6.07, 6.45) is 3.02. The van der Waals surface area contributed by atoms with Gasteiger partial charge in [-0.25, -0.2) is 18.7 Å². The third-order valence-electron chi connectivity index (χ3n) is 5.64. The maximum Gasteiger partial charge on any atom is 0.466 e. The fraction of sp³-hybridized carbons (Fsp3) is 0.474. The molecule has 186 valence electrons. The Bertz CT molecular complexity index is 1250. The summed E-state index contributed by atoms with van der Waals surface area (Å²) in [6.45, 7) is 2.90. The quantitative estimate of drug-likeness (QED) is 0.281. The van der Waals surface area contributed by atoms with Crippen LogP contribution in [0.25, 0.3) is 11.0 Å². The average molecular weight is 501 g/mol. The molecule has 4 rings (SSSR count). The first-order valence-corrected chi connectivity index (χ1v) is 11.7. The van der Waals surface area contributed by atoms with Crippen LogP contribution in [0.2, 0.25) is 0 Å². The molecule has 0 spiro atoms. The maximum absolute atomic E-state index is 15.0. The summed E-state index contributed by atoms with van der Waals surface area (Å²) in [5, 5.41) is 13.3. The van der Waals surface area contributed by atoms with Crippen LogP contribution in [0.3, 0.4) is 0 Å². The van der Waals surface area contributed by atoms with Crippen LogP contribution in [0.4, 0.5) is 10.2 Å². The number of aromatic carboxylic acids is 1. The van der Waals surface area contributed by atoms with Crippen molar-refractivity contribution in [1.82, 2.24) is 9.55 Å². The van der Waals surface area contributed by atoms with Gasteiger partial charge < -0.3 is 39.8 Å². The van der Waals surface area contributed by atoms with Gasteiger partial charge in [-0.15, -0.1) is 0 Å². The van der Waals surface area contributed by atoms with Crippen LogP contribution >= 0.6 is 7.82 Å². The predicted octanol–water partition coefficient (Wildman–Crippen LogP) is 0.428. The standard InChI is InChI=1S/C19H22FN5O4.H3O4P/c1-19(8-21)9-24(7-14(19)23-29-2)17-13(20)5-11-15(26)12(18(27)28)6-25(10-3-4-10)16(11)22-17;1-5(2,3)4/h5-6,10H,3-4,7-9,21H2,1-2H3,(H,27,28);(H3,1,2,3,4)/b23-14-;. The van der Waals surface area contributed by atoms with Gasteiger partial charge in [-0.3, -0.25) is 4.79 Å². The van der Waals surface area contributed by atoms with Crippen molar-refractivity contribution >= 4 is 36.4 Å². The molecule has 2 aromatic heterocycles. The van der Waals surface area contributed by atoms with E-state index >= 15 is 0 Å². The van der Waals surface area contributed by atoms with E-state index < -0.39 is 30.5 Å². The molecule has 3 heterocycles. The second-order valence-electron chi connectivity index (χ2n) is 8.34. The maximum atomic E-state index is 15.0. The number of hydrogen-bond acceptors (Lipinski definition) is 8. The monoisotopic (exact) mass is 501 g/mol. The van der Waals surface area contributed by atoms with Gasteiger partial charge in [0.25, 0.3) is 0 Å². The van der Waals surface area contributed by atoms with Crippen LogP contribution in [0, 0.1) is 11.2 Å². The van der Waals surface area contributed by atoms with Crippen molar-refractivity contribution in [3.63, 3.8) is 0 Å². The van der Waals surface area contributed by atoms with Crippen LogP contribution in [0.1, 0.15) is 36.2 Å². The third kappa shape index (κ3) is 5.42. The number of anilines is 1. The second kappa shape index (κ2) is 9.39. The Labute approximate surface area is 192 Å². The molecule has 1 aliphatic heterocycles. The molecule has 0 amide bonds. The zero-order chi connectivity index (χ0) is 25.4. The van der Waals surface area contributed by atoms with Gasteiger partial charge in [0, 0.05) is 30.7 Å². The van der Waals surface area contributed by atoms with E-state index in [0.29, 0.717) is 18.8 Å². The second-order valence-corrected chi connectivity index (χ2v) is 9.36. The fourth-order valence-corrected chi connectivity index (χ4v) is 3.76. The Morgan fingerprint density at radius 2 is 2.03 bits per heavy atom. The Balaban J connectivity index is 0.000000588. The minimum absolute atomic E-state index is 0.0374. The van der Waals surface area contributed by atoms with E-state index in [9.17, 15) is 19.1 Å². The van der Waals surface area contributed by atoms with Gasteiger partial charge in [0.05, 0.1) is 17.6 Å². The van der Waals surface area contributed by atoms with Crippen molar-refractivity contribution in [1.29, 1.82) is 0 Å². The van der Waals surface area contributed by atoms with Crippen LogP contribution in [-0.4, -0.2) is 67.8 Å². The highest BCUT2D eigenvalue weighted by Gasteiger charge is 2.41. The number of nitrogens with two attached hydrogens (primary N) is 1. The molecule has 0 aromatic carbocycles. The van der Waals surface area contributed by atoms with Crippen molar-refractivity contribution in [3.05, 3.63) is 33.9 Å². The number of oxime groups is 1. The zero-order valence-electron chi connectivity index (χ0n) is 18.4. The van der Waals surface area contributed by atoms with E-state index in [1.165, 1.54) is 13.3 Å². The molecule has 0 radical (unpaired) electrons. The van der Waals surface area contributed by atoms with Crippen molar-refractivity contribution in [2.24, 2.45) is 16.3 Å². The number of halogens is 1. The first-order chi connectivity index (χ1) is 15.8. The highest BCUT2D eigenvalue weighted by Crippen LogP contribution is 2.38. The molecule has 2 fully saturated rings. The van der Waals surface area contributed by atoms with Crippen molar-refractivity contribution in [3.8, 4) is 0 Å². The molecule has 1 aliphatic carbocycles. The van der Waals surface area contributed by atoms with Gasteiger partial charge in [0.2, 0.25) is 5.43 Å². The number of fused-ring (bicyclic) bond motifs is 1. The third-order valence-corrected chi connectivity index (χ3v) is 5.64. The number of pyridine rings is 2. The van der Waals surface area contributed by atoms with Crippen LogP contribution in [0.15, 0.2) is 22.2 Å². The Morgan fingerprint density at radius 3 is 2.53 bits per heavy atom. The van der Waals surface area contributed by atoms with E-state index in [2.05, 4.69) is 10.1 Å². The number of rotatable bonds is 5. The van der Waals surface area contributed by atoms with E-state index in [1.807, 2.05) is 6.92 Å². The summed E-state index contributed by atoms with van der Waals surface area (Å²) in [7, 11) is -3.20. The van der Waals surface area contributed by atoms with Crippen molar-refractivity contribution < 1.29 is 38.4 Å². The highest BCUT2D eigenvalue weighted by atomic mass is 31.2. The van der Waals surface area contributed by atoms with Crippen LogP contribution in [-0.2, 0) is 9.40 Å². The normalized spacial score (nSPS) is 21.5. The van der Waals surface area contributed by atoms with Gasteiger partial charge in [0.1, 0.15) is 18.3 Å². The summed E-state index contributed by atoms with van der Waals surface area (Å²) in [4.78, 5) is 56.7. The number of aromatic nitrogens is 2. The molecule has 34 heavy (non-hydrogen) atoms. The largest absolute Gasteiger partial charge is 0.477 e. The lowest BCUT2D eigenvalue weighted by atomic mass is 9.88. The van der Waals surface area contributed by atoms with Gasteiger partial charge in [0.15, 0.2) is 11.6 Å². The van der Waals surface area contributed by atoms with Gasteiger partial charge >= 0.3 is 13.8 Å². The van der Waals surface area contributed by atoms with Crippen LogP contribution < -0.4 is 16.1 Å². The molecule has 1 unspecified atom stereocenters. The summed E-state index contributed by atoms with van der Waals surface area (Å²) >= 11 is 0. The molecule has 6 N–H and O–H groups in total. The van der Waals surface area contributed by atoms with Crippen molar-refractivity contribution in [2.45, 2.75) is 25.8 Å².